The smallest absolute Gasteiger partial charge is 0.244 e. The minimum atomic E-state index is -3.96. The lowest BCUT2D eigenvalue weighted by Gasteiger charge is -2.31. The number of sulfonamides is 1. The van der Waals surface area contributed by atoms with Gasteiger partial charge in [-0.15, -0.1) is 0 Å². The van der Waals surface area contributed by atoms with Crippen molar-refractivity contribution in [3.63, 3.8) is 0 Å². The SMILES string of the molecule is CN1C(C(=O)c2cccc(-c3ccc(C#N)cc3)c2)C(=O)c2ccccc2S1(=O)=O. The number of hydrogen-bond donors (Lipinski definition) is 0. The second kappa shape index (κ2) is 7.34. The highest BCUT2D eigenvalue weighted by Gasteiger charge is 2.45. The van der Waals surface area contributed by atoms with Crippen molar-refractivity contribution in [2.75, 3.05) is 7.05 Å². The number of carbonyl (C=O) groups excluding carboxylic acids is 2. The predicted molar refractivity (Wildman–Crippen MR) is 110 cm³/mol. The Balaban J connectivity index is 1.75. The standard InChI is InChI=1S/C23H16N2O4S/c1-25-21(23(27)19-7-2-3-8-20(19)30(25,28)29)22(26)18-6-4-5-17(13-18)16-11-9-15(14-24)10-12-16/h2-13,21H,1H3. The van der Waals surface area contributed by atoms with Crippen LogP contribution < -0.4 is 0 Å². The maximum atomic E-state index is 13.2. The highest BCUT2D eigenvalue weighted by molar-refractivity contribution is 7.89. The lowest BCUT2D eigenvalue weighted by molar-refractivity contribution is 0.0784. The Hall–Kier alpha value is -3.60. The molecule has 0 spiro atoms. The Kier molecular flexibility index (Phi) is 4.82. The number of rotatable bonds is 3. The third-order valence-corrected chi connectivity index (χ3v) is 7.05. The molecule has 7 heteroatoms. The first-order valence-electron chi connectivity index (χ1n) is 9.10. The monoisotopic (exact) mass is 416 g/mol. The van der Waals surface area contributed by atoms with E-state index in [4.69, 9.17) is 5.26 Å². The van der Waals surface area contributed by atoms with Crippen LogP contribution in [0, 0.1) is 11.3 Å². The van der Waals surface area contributed by atoms with Crippen LogP contribution in [0.25, 0.3) is 11.1 Å². The molecule has 0 amide bonds. The van der Waals surface area contributed by atoms with E-state index in [1.54, 1.807) is 60.7 Å². The number of hydrogen-bond acceptors (Lipinski definition) is 5. The molecule has 1 aliphatic rings. The summed E-state index contributed by atoms with van der Waals surface area (Å²) in [7, 11) is -2.72. The highest BCUT2D eigenvalue weighted by atomic mass is 32.2. The summed E-state index contributed by atoms with van der Waals surface area (Å²) in [6.45, 7) is 0. The molecule has 3 aromatic carbocycles. The van der Waals surface area contributed by atoms with Crippen molar-refractivity contribution >= 4 is 21.6 Å². The second-order valence-corrected chi connectivity index (χ2v) is 8.88. The highest BCUT2D eigenvalue weighted by Crippen LogP contribution is 2.31. The molecule has 0 bridgehead atoms. The lowest BCUT2D eigenvalue weighted by Crippen LogP contribution is -2.51. The average molecular weight is 416 g/mol. The number of likely N-dealkylation sites (N-methyl/N-ethyl adjacent to an activating group) is 1. The molecule has 30 heavy (non-hydrogen) atoms. The van der Waals surface area contributed by atoms with Crippen molar-refractivity contribution in [1.82, 2.24) is 4.31 Å². The van der Waals surface area contributed by atoms with Crippen LogP contribution in [0.15, 0.2) is 77.7 Å². The Morgan fingerprint density at radius 3 is 2.37 bits per heavy atom. The van der Waals surface area contributed by atoms with Gasteiger partial charge in [-0.2, -0.15) is 9.57 Å². The van der Waals surface area contributed by atoms with Gasteiger partial charge in [0.25, 0.3) is 0 Å². The normalized spacial score (nSPS) is 17.7. The van der Waals surface area contributed by atoms with E-state index in [0.717, 1.165) is 15.4 Å². The average Bonchev–Trinajstić information content (AvgIpc) is 2.78. The van der Waals surface area contributed by atoms with Gasteiger partial charge in [0.2, 0.25) is 10.0 Å². The van der Waals surface area contributed by atoms with Crippen molar-refractivity contribution in [3.8, 4) is 17.2 Å². The fourth-order valence-corrected chi connectivity index (χ4v) is 5.01. The first kappa shape index (κ1) is 19.7. The minimum Gasteiger partial charge on any atom is -0.292 e. The molecule has 148 valence electrons. The van der Waals surface area contributed by atoms with E-state index in [2.05, 4.69) is 0 Å². The van der Waals surface area contributed by atoms with E-state index in [-0.39, 0.29) is 16.0 Å². The van der Waals surface area contributed by atoms with Gasteiger partial charge >= 0.3 is 0 Å². The molecule has 4 rings (SSSR count). The number of ketones is 2. The van der Waals surface area contributed by atoms with Crippen molar-refractivity contribution in [1.29, 1.82) is 5.26 Å². The molecular formula is C23H16N2O4S. The number of nitrogens with zero attached hydrogens (tertiary/aromatic N) is 2. The summed E-state index contributed by atoms with van der Waals surface area (Å²) >= 11 is 0. The first-order valence-corrected chi connectivity index (χ1v) is 10.5. The number of nitriles is 1. The van der Waals surface area contributed by atoms with Crippen LogP contribution in [0.4, 0.5) is 0 Å². The van der Waals surface area contributed by atoms with Crippen molar-refractivity contribution in [3.05, 3.63) is 89.5 Å². The van der Waals surface area contributed by atoms with Gasteiger partial charge in [0.15, 0.2) is 17.6 Å². The van der Waals surface area contributed by atoms with E-state index < -0.39 is 27.6 Å². The quantitative estimate of drug-likeness (QED) is 0.482. The summed E-state index contributed by atoms with van der Waals surface area (Å²) in [5, 5.41) is 8.94. The lowest BCUT2D eigenvalue weighted by atomic mass is 9.94. The number of Topliss-reactive ketones (excluding diaryl/α,β-unsaturated/α-hetero) is 2. The molecule has 6 nitrogen and oxygen atoms in total. The Bertz CT molecular complexity index is 1320. The summed E-state index contributed by atoms with van der Waals surface area (Å²) in [6, 6.07) is 20.0. The molecule has 1 atom stereocenters. The van der Waals surface area contributed by atoms with Gasteiger partial charge < -0.3 is 0 Å². The van der Waals surface area contributed by atoms with E-state index >= 15 is 0 Å². The van der Waals surface area contributed by atoms with Crippen LogP contribution in [-0.2, 0) is 10.0 Å². The van der Waals surface area contributed by atoms with Gasteiger partial charge in [0.1, 0.15) is 0 Å². The molecule has 0 N–H and O–H groups in total. The number of carbonyl (C=O) groups is 2. The third kappa shape index (κ3) is 3.12. The summed E-state index contributed by atoms with van der Waals surface area (Å²) < 4.78 is 26.5. The fraction of sp³-hybridized carbons (Fsp3) is 0.0870. The van der Waals surface area contributed by atoms with Crippen LogP contribution in [0.2, 0.25) is 0 Å². The molecular weight excluding hydrogens is 400 g/mol. The van der Waals surface area contributed by atoms with Crippen LogP contribution >= 0.6 is 0 Å². The Morgan fingerprint density at radius 1 is 0.967 bits per heavy atom. The van der Waals surface area contributed by atoms with Crippen LogP contribution in [0.5, 0.6) is 0 Å². The first-order chi connectivity index (χ1) is 14.3. The van der Waals surface area contributed by atoms with Gasteiger partial charge in [0, 0.05) is 18.2 Å². The van der Waals surface area contributed by atoms with Crippen molar-refractivity contribution < 1.29 is 18.0 Å². The van der Waals surface area contributed by atoms with Gasteiger partial charge in [-0.05, 0) is 41.5 Å². The van der Waals surface area contributed by atoms with E-state index in [9.17, 15) is 18.0 Å². The predicted octanol–water partition coefficient (Wildman–Crippen LogP) is 3.29. The van der Waals surface area contributed by atoms with Gasteiger partial charge in [0.05, 0.1) is 16.5 Å². The summed E-state index contributed by atoms with van der Waals surface area (Å²) in [5.74, 6) is -1.13. The number of fused-ring (bicyclic) bond motifs is 1. The number of benzene rings is 3. The molecule has 1 aliphatic heterocycles. The summed E-state index contributed by atoms with van der Waals surface area (Å²) in [5.41, 5.74) is 2.29. The van der Waals surface area contributed by atoms with Crippen molar-refractivity contribution in [2.45, 2.75) is 10.9 Å². The molecule has 0 saturated carbocycles. The Labute approximate surface area is 174 Å². The molecule has 0 radical (unpaired) electrons. The van der Waals surface area contributed by atoms with Crippen LogP contribution in [0.3, 0.4) is 0 Å². The molecule has 0 aromatic heterocycles. The molecule has 0 fully saturated rings. The minimum absolute atomic E-state index is 0.0252. The van der Waals surface area contributed by atoms with E-state index in [1.165, 1.54) is 19.2 Å². The zero-order valence-electron chi connectivity index (χ0n) is 15.9. The zero-order valence-corrected chi connectivity index (χ0v) is 16.8. The molecule has 0 saturated heterocycles. The van der Waals surface area contributed by atoms with Gasteiger partial charge in [-0.3, -0.25) is 9.59 Å². The molecule has 0 aliphatic carbocycles. The van der Waals surface area contributed by atoms with Crippen LogP contribution in [0.1, 0.15) is 26.3 Å². The zero-order chi connectivity index (χ0) is 21.5. The van der Waals surface area contributed by atoms with E-state index in [1.807, 2.05) is 6.07 Å². The van der Waals surface area contributed by atoms with Gasteiger partial charge in [-0.1, -0.05) is 42.5 Å². The third-order valence-electron chi connectivity index (χ3n) is 5.16. The van der Waals surface area contributed by atoms with Crippen LogP contribution in [-0.4, -0.2) is 37.4 Å². The second-order valence-electron chi connectivity index (χ2n) is 6.92. The maximum absolute atomic E-state index is 13.2. The molecule has 1 heterocycles. The fourth-order valence-electron chi connectivity index (χ4n) is 3.53. The maximum Gasteiger partial charge on any atom is 0.244 e. The Morgan fingerprint density at radius 2 is 1.67 bits per heavy atom. The topological polar surface area (TPSA) is 95.3 Å². The van der Waals surface area contributed by atoms with Gasteiger partial charge in [-0.25, -0.2) is 8.42 Å². The molecule has 1 unspecified atom stereocenters. The summed E-state index contributed by atoms with van der Waals surface area (Å²) in [6.07, 6.45) is 0. The molecule has 3 aromatic rings. The largest absolute Gasteiger partial charge is 0.292 e. The summed E-state index contributed by atoms with van der Waals surface area (Å²) in [4.78, 5) is 26.1. The van der Waals surface area contributed by atoms with Crippen molar-refractivity contribution in [2.24, 2.45) is 0 Å². The van der Waals surface area contributed by atoms with E-state index in [0.29, 0.717) is 5.56 Å².